The van der Waals surface area contributed by atoms with Crippen LogP contribution in [0.4, 0.5) is 0 Å². The van der Waals surface area contributed by atoms with Crippen molar-refractivity contribution in [2.75, 3.05) is 39.8 Å². The van der Waals surface area contributed by atoms with E-state index in [0.29, 0.717) is 37.7 Å². The van der Waals surface area contributed by atoms with Crippen LogP contribution in [0.25, 0.3) is 0 Å². The van der Waals surface area contributed by atoms with Gasteiger partial charge in [0.2, 0.25) is 5.91 Å². The number of hydrogen-bond acceptors (Lipinski definition) is 6. The highest BCUT2D eigenvalue weighted by molar-refractivity contribution is 5.94. The third-order valence-corrected chi connectivity index (χ3v) is 5.29. The molecule has 1 atom stereocenters. The molecule has 25 heavy (non-hydrogen) atoms. The second-order valence-electron chi connectivity index (χ2n) is 7.29. The summed E-state index contributed by atoms with van der Waals surface area (Å²) >= 11 is 0. The molecule has 0 bridgehead atoms. The zero-order chi connectivity index (χ0) is 17.4. The van der Waals surface area contributed by atoms with Crippen molar-refractivity contribution in [2.45, 2.75) is 24.5 Å². The number of likely N-dealkylation sites (tertiary alicyclic amines) is 1. The summed E-state index contributed by atoms with van der Waals surface area (Å²) in [7, 11) is 1.66. The molecule has 1 aromatic heterocycles. The van der Waals surface area contributed by atoms with Crippen molar-refractivity contribution < 1.29 is 14.3 Å². The van der Waals surface area contributed by atoms with Crippen molar-refractivity contribution in [1.29, 1.82) is 0 Å². The molecule has 3 aliphatic rings. The number of likely N-dealkylation sites (N-methyl/N-ethyl adjacent to an activating group) is 1. The van der Waals surface area contributed by atoms with E-state index in [4.69, 9.17) is 4.74 Å². The molecule has 0 aromatic carbocycles. The van der Waals surface area contributed by atoms with Gasteiger partial charge in [0.15, 0.2) is 0 Å². The van der Waals surface area contributed by atoms with Crippen LogP contribution in [0.3, 0.4) is 0 Å². The lowest BCUT2D eigenvalue weighted by Crippen LogP contribution is -2.73. The van der Waals surface area contributed by atoms with E-state index in [9.17, 15) is 9.59 Å². The molecule has 0 radical (unpaired) electrons. The number of carbonyl (C=O) groups excluding carboxylic acids is 2. The van der Waals surface area contributed by atoms with Crippen molar-refractivity contribution in [2.24, 2.45) is 5.92 Å². The highest BCUT2D eigenvalue weighted by Gasteiger charge is 2.52. The molecule has 1 aliphatic carbocycles. The lowest BCUT2D eigenvalue weighted by molar-refractivity contribution is -0.191. The Morgan fingerprint density at radius 2 is 2.12 bits per heavy atom. The molecule has 2 amide bonds. The third-order valence-electron chi connectivity index (χ3n) is 5.29. The van der Waals surface area contributed by atoms with E-state index in [2.05, 4.69) is 20.4 Å². The minimum atomic E-state index is -0.352. The van der Waals surface area contributed by atoms with Gasteiger partial charge in [-0.3, -0.25) is 14.5 Å². The highest BCUT2D eigenvalue weighted by Crippen LogP contribution is 2.36. The van der Waals surface area contributed by atoms with Crippen LogP contribution in [-0.2, 0) is 9.53 Å². The summed E-state index contributed by atoms with van der Waals surface area (Å²) in [6, 6.07) is 1.44. The number of nitrogens with zero attached hydrogens (tertiary/aromatic N) is 4. The van der Waals surface area contributed by atoms with E-state index >= 15 is 0 Å². The Kier molecular flexibility index (Phi) is 4.16. The first-order valence-electron chi connectivity index (χ1n) is 8.76. The molecular formula is C17H23N5O3. The Hall–Kier alpha value is -2.06. The van der Waals surface area contributed by atoms with E-state index in [-0.39, 0.29) is 23.5 Å². The summed E-state index contributed by atoms with van der Waals surface area (Å²) in [6.45, 7) is 3.11. The van der Waals surface area contributed by atoms with Crippen molar-refractivity contribution >= 4 is 11.8 Å². The molecule has 2 saturated heterocycles. The molecule has 1 spiro atoms. The van der Waals surface area contributed by atoms with Crippen LogP contribution in [0, 0.1) is 5.92 Å². The van der Waals surface area contributed by atoms with Crippen LogP contribution in [0.2, 0.25) is 0 Å². The average molecular weight is 345 g/mol. The van der Waals surface area contributed by atoms with Gasteiger partial charge in [-0.1, -0.05) is 0 Å². The largest absolute Gasteiger partial charge is 0.368 e. The first kappa shape index (κ1) is 16.4. The summed E-state index contributed by atoms with van der Waals surface area (Å²) < 4.78 is 6.06. The average Bonchev–Trinajstić information content (AvgIpc) is 3.43. The molecule has 0 unspecified atom stereocenters. The molecule has 1 saturated carbocycles. The van der Waals surface area contributed by atoms with Gasteiger partial charge >= 0.3 is 0 Å². The van der Waals surface area contributed by atoms with Gasteiger partial charge in [-0.25, -0.2) is 0 Å². The summed E-state index contributed by atoms with van der Waals surface area (Å²) in [6.07, 6.45) is 5.48. The van der Waals surface area contributed by atoms with Crippen LogP contribution in [-0.4, -0.2) is 83.3 Å². The molecule has 8 nitrogen and oxygen atoms in total. The first-order valence-corrected chi connectivity index (χ1v) is 8.76. The van der Waals surface area contributed by atoms with E-state index in [0.717, 1.165) is 6.54 Å². The maximum Gasteiger partial charge on any atom is 0.255 e. The molecule has 134 valence electrons. The Bertz CT molecular complexity index is 658. The fourth-order valence-electron chi connectivity index (χ4n) is 3.70. The summed E-state index contributed by atoms with van der Waals surface area (Å²) in [5, 5.41) is 10.2. The van der Waals surface area contributed by atoms with Gasteiger partial charge in [-0.05, 0) is 24.8 Å². The van der Waals surface area contributed by atoms with Crippen LogP contribution in [0.15, 0.2) is 18.5 Å². The third kappa shape index (κ3) is 3.23. The van der Waals surface area contributed by atoms with Crippen molar-refractivity contribution in [1.82, 2.24) is 25.3 Å². The monoisotopic (exact) mass is 345 g/mol. The second-order valence-corrected chi connectivity index (χ2v) is 7.29. The molecule has 8 heteroatoms. The molecule has 2 aliphatic heterocycles. The minimum absolute atomic E-state index is 0.00520. The van der Waals surface area contributed by atoms with Crippen LogP contribution in [0.1, 0.15) is 23.2 Å². The predicted octanol–water partition coefficient (Wildman–Crippen LogP) is -0.472. The van der Waals surface area contributed by atoms with E-state index in [1.54, 1.807) is 18.0 Å². The summed E-state index contributed by atoms with van der Waals surface area (Å²) in [5.41, 5.74) is 0.189. The number of morpholine rings is 1. The lowest BCUT2D eigenvalue weighted by Gasteiger charge is -2.55. The van der Waals surface area contributed by atoms with E-state index < -0.39 is 0 Å². The quantitative estimate of drug-likeness (QED) is 0.794. The molecule has 4 rings (SSSR count). The van der Waals surface area contributed by atoms with Crippen LogP contribution in [0.5, 0.6) is 0 Å². The van der Waals surface area contributed by atoms with Gasteiger partial charge in [0.25, 0.3) is 5.91 Å². The fraction of sp³-hybridized carbons (Fsp3) is 0.647. The second kappa shape index (κ2) is 6.34. The van der Waals surface area contributed by atoms with Gasteiger partial charge in [0.1, 0.15) is 11.6 Å². The normalized spacial score (nSPS) is 25.5. The van der Waals surface area contributed by atoms with Crippen LogP contribution >= 0.6 is 0 Å². The molecule has 1 N–H and O–H groups in total. The van der Waals surface area contributed by atoms with Gasteiger partial charge in [-0.15, -0.1) is 0 Å². The number of hydrogen-bond donors (Lipinski definition) is 1. The Balaban J connectivity index is 1.40. The van der Waals surface area contributed by atoms with Gasteiger partial charge in [-0.2, -0.15) is 10.2 Å². The van der Waals surface area contributed by atoms with E-state index in [1.165, 1.54) is 25.2 Å². The lowest BCUT2D eigenvalue weighted by atomic mass is 9.89. The number of nitrogens with one attached hydrogen (secondary N) is 1. The standard InChI is InChI=1S/C17H23N5O3/c1-18-15(23)14-8-25-17(9-21(14)7-12-2-3-12)10-22(11-17)16(24)13-4-5-19-20-6-13/h4-6,12,14H,2-3,7-11H2,1H3,(H,18,23)/t14-/m1/s1. The zero-order valence-electron chi connectivity index (χ0n) is 14.4. The predicted molar refractivity (Wildman–Crippen MR) is 88.8 cm³/mol. The maximum absolute atomic E-state index is 12.5. The number of carbonyl (C=O) groups is 2. The molecule has 3 heterocycles. The topological polar surface area (TPSA) is 87.7 Å². The zero-order valence-corrected chi connectivity index (χ0v) is 14.4. The number of ether oxygens (including phenoxy) is 1. The number of amides is 2. The smallest absolute Gasteiger partial charge is 0.255 e. The maximum atomic E-state index is 12.5. The summed E-state index contributed by atoms with van der Waals surface area (Å²) in [5.74, 6) is 0.653. The Morgan fingerprint density at radius 3 is 2.76 bits per heavy atom. The first-order chi connectivity index (χ1) is 12.1. The Labute approximate surface area is 146 Å². The number of aromatic nitrogens is 2. The molecule has 3 fully saturated rings. The fourth-order valence-corrected chi connectivity index (χ4v) is 3.70. The summed E-state index contributed by atoms with van der Waals surface area (Å²) in [4.78, 5) is 28.6. The van der Waals surface area contributed by atoms with Gasteiger partial charge in [0.05, 0.1) is 37.7 Å². The highest BCUT2D eigenvalue weighted by atomic mass is 16.5. The van der Waals surface area contributed by atoms with Gasteiger partial charge < -0.3 is 15.0 Å². The molecular weight excluding hydrogens is 322 g/mol. The number of rotatable bonds is 4. The van der Waals surface area contributed by atoms with Crippen molar-refractivity contribution in [3.8, 4) is 0 Å². The van der Waals surface area contributed by atoms with Crippen molar-refractivity contribution in [3.05, 3.63) is 24.0 Å². The minimum Gasteiger partial charge on any atom is -0.368 e. The van der Waals surface area contributed by atoms with Crippen LogP contribution < -0.4 is 5.32 Å². The van der Waals surface area contributed by atoms with E-state index in [1.807, 2.05) is 0 Å². The SMILES string of the molecule is CNC(=O)[C@H]1COC2(CN(C(=O)c3ccnnc3)C2)CN1CC1CC1. The molecule has 1 aromatic rings. The Morgan fingerprint density at radius 1 is 1.32 bits per heavy atom. The van der Waals surface area contributed by atoms with Gasteiger partial charge in [0, 0.05) is 20.1 Å². The van der Waals surface area contributed by atoms with Crippen molar-refractivity contribution in [3.63, 3.8) is 0 Å².